The molecule has 44 heavy (non-hydrogen) atoms. The van der Waals surface area contributed by atoms with Crippen LogP contribution in [-0.4, -0.2) is 35.2 Å². The average molecular weight is 594 g/mol. The Morgan fingerprint density at radius 1 is 1.07 bits per heavy atom. The maximum absolute atomic E-state index is 15.3. The summed E-state index contributed by atoms with van der Waals surface area (Å²) < 4.78 is 22.2. The predicted octanol–water partition coefficient (Wildman–Crippen LogP) is 6.89. The summed E-state index contributed by atoms with van der Waals surface area (Å²) in [5.74, 6) is 0.435. The van der Waals surface area contributed by atoms with E-state index in [1.54, 1.807) is 34.6 Å². The van der Waals surface area contributed by atoms with E-state index in [9.17, 15) is 4.79 Å². The van der Waals surface area contributed by atoms with Gasteiger partial charge in [-0.25, -0.2) is 13.9 Å². The monoisotopic (exact) mass is 593 g/mol. The summed E-state index contributed by atoms with van der Waals surface area (Å²) in [6, 6.07) is 9.51. The van der Waals surface area contributed by atoms with E-state index in [0.29, 0.717) is 16.9 Å². The molecule has 2 aromatic carbocycles. The molecule has 1 aliphatic heterocycles. The second-order valence-electron chi connectivity index (χ2n) is 11.7. The van der Waals surface area contributed by atoms with E-state index < -0.39 is 0 Å². The van der Waals surface area contributed by atoms with Gasteiger partial charge in [0, 0.05) is 55.0 Å². The van der Waals surface area contributed by atoms with Gasteiger partial charge in [0.2, 0.25) is 0 Å². The van der Waals surface area contributed by atoms with Crippen LogP contribution in [0.15, 0.2) is 72.4 Å². The van der Waals surface area contributed by atoms with Crippen LogP contribution in [0.3, 0.4) is 0 Å². The van der Waals surface area contributed by atoms with Crippen LogP contribution >= 0.6 is 0 Å². The Labute approximate surface area is 257 Å². The Morgan fingerprint density at radius 3 is 2.68 bits per heavy atom. The summed E-state index contributed by atoms with van der Waals surface area (Å²) in [5, 5.41) is 13.8. The van der Waals surface area contributed by atoms with Crippen molar-refractivity contribution in [2.45, 2.75) is 64.8 Å². The summed E-state index contributed by atoms with van der Waals surface area (Å²) in [7, 11) is 1.90. The molecule has 4 heterocycles. The van der Waals surface area contributed by atoms with Gasteiger partial charge in [0.25, 0.3) is 0 Å². The number of halogens is 1. The summed E-state index contributed by atoms with van der Waals surface area (Å²) in [4.78, 5) is 14.0. The van der Waals surface area contributed by atoms with Crippen molar-refractivity contribution >= 4 is 17.0 Å². The molecule has 8 nitrogen and oxygen atoms in total. The molecule has 5 aromatic rings. The maximum Gasteiger partial charge on any atom is 0.338 e. The van der Waals surface area contributed by atoms with Gasteiger partial charge in [-0.3, -0.25) is 13.8 Å². The molecule has 6 rings (SSSR count). The Kier molecular flexibility index (Phi) is 8.48. The third kappa shape index (κ3) is 5.59. The highest BCUT2D eigenvalue weighted by molar-refractivity contribution is 5.80. The second-order valence-corrected chi connectivity index (χ2v) is 11.7. The highest BCUT2D eigenvalue weighted by Gasteiger charge is 2.29. The van der Waals surface area contributed by atoms with E-state index in [4.69, 9.17) is 5.10 Å². The molecule has 3 aromatic heterocycles. The number of imidazole rings is 1. The minimum Gasteiger partial charge on any atom is -0.310 e. The number of aryl methyl sites for hydroxylation is 2. The van der Waals surface area contributed by atoms with Gasteiger partial charge in [0.15, 0.2) is 0 Å². The lowest BCUT2D eigenvalue weighted by Crippen LogP contribution is -2.30. The molecule has 0 radical (unpaired) electrons. The van der Waals surface area contributed by atoms with Crippen molar-refractivity contribution in [3.05, 3.63) is 106 Å². The molecule has 228 valence electrons. The van der Waals surface area contributed by atoms with Gasteiger partial charge in [-0.05, 0) is 75.4 Å². The van der Waals surface area contributed by atoms with Crippen LogP contribution in [-0.2, 0) is 13.5 Å². The molecule has 1 atom stereocenters. The van der Waals surface area contributed by atoms with Crippen molar-refractivity contribution in [2.24, 2.45) is 7.05 Å². The van der Waals surface area contributed by atoms with Crippen molar-refractivity contribution in [1.82, 2.24) is 34.0 Å². The van der Waals surface area contributed by atoms with Gasteiger partial charge in [0.05, 0.1) is 28.8 Å². The normalized spacial score (nSPS) is 15.0. The minimum absolute atomic E-state index is 0.00288. The largest absolute Gasteiger partial charge is 0.338 e. The first kappa shape index (κ1) is 29.6. The zero-order valence-electron chi connectivity index (χ0n) is 25.8. The first-order valence-corrected chi connectivity index (χ1v) is 15.5. The van der Waals surface area contributed by atoms with Gasteiger partial charge in [0.1, 0.15) is 11.6 Å². The van der Waals surface area contributed by atoms with E-state index in [1.165, 1.54) is 12.8 Å². The fourth-order valence-electron chi connectivity index (χ4n) is 6.19. The quantitative estimate of drug-likeness (QED) is 0.134. The fourth-order valence-corrected chi connectivity index (χ4v) is 6.19. The number of benzene rings is 2. The maximum atomic E-state index is 15.3. The van der Waals surface area contributed by atoms with Gasteiger partial charge >= 0.3 is 5.69 Å². The fraction of sp³-hybridized carbons (Fsp3) is 0.343. The van der Waals surface area contributed by atoms with Gasteiger partial charge in [-0.15, -0.1) is 6.58 Å². The predicted molar refractivity (Wildman–Crippen MR) is 175 cm³/mol. The lowest BCUT2D eigenvalue weighted by Gasteiger charge is -2.21. The molecule has 0 saturated carbocycles. The van der Waals surface area contributed by atoms with Gasteiger partial charge in [-0.2, -0.15) is 10.2 Å². The van der Waals surface area contributed by atoms with Crippen LogP contribution in [0.4, 0.5) is 4.39 Å². The van der Waals surface area contributed by atoms with E-state index in [1.807, 2.05) is 58.9 Å². The number of hydrogen-bond donors (Lipinski definition) is 1. The van der Waals surface area contributed by atoms with Gasteiger partial charge < -0.3 is 5.32 Å². The van der Waals surface area contributed by atoms with Crippen LogP contribution in [0.1, 0.15) is 73.9 Å². The number of aromatic nitrogens is 6. The van der Waals surface area contributed by atoms with Crippen LogP contribution in [0.2, 0.25) is 0 Å². The lowest BCUT2D eigenvalue weighted by molar-refractivity contribution is 0.536. The number of hydrogen-bond acceptors (Lipinski definition) is 4. The van der Waals surface area contributed by atoms with Crippen LogP contribution < -0.4 is 11.0 Å². The molecule has 0 spiro atoms. The SMILES string of the molecule is C=CCCCCCCC=Cc1cc(-n2nc3c(c2-n2ccn(-c4ccc5c(cnn5C)c4)c2=O)[C@H](C)NCC3)cc(C)c1F. The third-order valence-electron chi connectivity index (χ3n) is 8.57. The second kappa shape index (κ2) is 12.6. The van der Waals surface area contributed by atoms with E-state index in [2.05, 4.69) is 30.0 Å². The van der Waals surface area contributed by atoms with Crippen molar-refractivity contribution in [1.29, 1.82) is 0 Å². The number of fused-ring (bicyclic) bond motifs is 2. The number of rotatable bonds is 11. The van der Waals surface area contributed by atoms with E-state index >= 15 is 4.39 Å². The molecular weight excluding hydrogens is 553 g/mol. The number of nitrogens with zero attached hydrogens (tertiary/aromatic N) is 6. The van der Waals surface area contributed by atoms with E-state index in [-0.39, 0.29) is 17.5 Å². The Bertz CT molecular complexity index is 1900. The molecule has 0 unspecified atom stereocenters. The highest BCUT2D eigenvalue weighted by atomic mass is 19.1. The highest BCUT2D eigenvalue weighted by Crippen LogP contribution is 2.32. The molecule has 0 amide bonds. The Morgan fingerprint density at radius 2 is 1.86 bits per heavy atom. The minimum atomic E-state index is -0.237. The first-order valence-electron chi connectivity index (χ1n) is 15.5. The smallest absolute Gasteiger partial charge is 0.310 e. The standard InChI is InChI=1S/C35H40FN7O/c1-5-6-7-8-9-10-11-12-13-26-21-29(20-24(2)33(26)36)43-34(32-25(3)37-17-16-30(32)39-43)42-19-18-41(35(42)44)28-14-15-31-27(22-28)23-38-40(31)4/h5,12-15,18-23,25,37H,1,6-11,16-17H2,2-4H3/t25-/m0/s1. The van der Waals surface area contributed by atoms with Crippen molar-refractivity contribution in [2.75, 3.05) is 6.54 Å². The summed E-state index contributed by atoms with van der Waals surface area (Å²) in [6.07, 6.45) is 18.5. The lowest BCUT2D eigenvalue weighted by atomic mass is 10.0. The summed E-state index contributed by atoms with van der Waals surface area (Å²) in [6.45, 7) is 8.45. The average Bonchev–Trinajstić information content (AvgIpc) is 3.71. The van der Waals surface area contributed by atoms with Crippen molar-refractivity contribution < 1.29 is 4.39 Å². The molecule has 9 heteroatoms. The van der Waals surface area contributed by atoms with Crippen molar-refractivity contribution in [3.8, 4) is 17.2 Å². The number of unbranched alkanes of at least 4 members (excludes halogenated alkanes) is 5. The van der Waals surface area contributed by atoms with Crippen LogP contribution in [0, 0.1) is 12.7 Å². The number of allylic oxidation sites excluding steroid dienone is 2. The van der Waals surface area contributed by atoms with Crippen molar-refractivity contribution in [3.63, 3.8) is 0 Å². The van der Waals surface area contributed by atoms with Crippen LogP contribution in [0.25, 0.3) is 34.2 Å². The van der Waals surface area contributed by atoms with E-state index in [0.717, 1.165) is 72.2 Å². The molecule has 0 fully saturated rings. The third-order valence-corrected chi connectivity index (χ3v) is 8.57. The molecule has 0 saturated heterocycles. The Hall–Kier alpha value is -4.50. The summed E-state index contributed by atoms with van der Waals surface area (Å²) >= 11 is 0. The molecule has 1 N–H and O–H groups in total. The zero-order valence-corrected chi connectivity index (χ0v) is 25.8. The topological polar surface area (TPSA) is 74.6 Å². The van der Waals surface area contributed by atoms with Gasteiger partial charge in [-0.1, -0.05) is 31.1 Å². The Balaban J connectivity index is 1.38. The molecule has 1 aliphatic rings. The summed E-state index contributed by atoms with van der Waals surface area (Å²) in [5.41, 5.74) is 5.24. The zero-order chi connectivity index (χ0) is 30.8. The molecule has 0 aliphatic carbocycles. The molecular formula is C35H40FN7O. The van der Waals surface area contributed by atoms with Crippen LogP contribution in [0.5, 0.6) is 0 Å². The first-order chi connectivity index (χ1) is 21.4. The molecule has 0 bridgehead atoms. The number of nitrogens with one attached hydrogen (secondary N) is 1.